The Balaban J connectivity index is 2.04. The van der Waals surface area contributed by atoms with Gasteiger partial charge in [-0.2, -0.15) is 0 Å². The zero-order valence-corrected chi connectivity index (χ0v) is 23.9. The number of anilines is 1. The number of hydrogen-bond donors (Lipinski definition) is 1. The molecule has 0 radical (unpaired) electrons. The van der Waals surface area contributed by atoms with E-state index in [0.29, 0.717) is 28.6 Å². The lowest BCUT2D eigenvalue weighted by Gasteiger charge is -2.33. The number of nitrogens with zero attached hydrogens (tertiary/aromatic N) is 2. The van der Waals surface area contributed by atoms with E-state index in [1.54, 1.807) is 49.4 Å². The molecule has 1 N–H and O–H groups in total. The van der Waals surface area contributed by atoms with Crippen molar-refractivity contribution in [3.8, 4) is 0 Å². The average Bonchev–Trinajstić information content (AvgIpc) is 2.92. The summed E-state index contributed by atoms with van der Waals surface area (Å²) in [5, 5.41) is 3.54. The van der Waals surface area contributed by atoms with E-state index in [2.05, 4.69) is 5.32 Å². The van der Waals surface area contributed by atoms with E-state index in [1.807, 2.05) is 6.92 Å². The van der Waals surface area contributed by atoms with Gasteiger partial charge in [0.05, 0.1) is 10.6 Å². The first-order valence-electron chi connectivity index (χ1n) is 12.4. The first-order valence-corrected chi connectivity index (χ1v) is 14.6. The highest BCUT2D eigenvalue weighted by Gasteiger charge is 2.33. The summed E-state index contributed by atoms with van der Waals surface area (Å²) in [5.41, 5.74) is 0.784. The van der Waals surface area contributed by atoms with E-state index in [9.17, 15) is 22.4 Å². The van der Waals surface area contributed by atoms with Crippen molar-refractivity contribution in [2.75, 3.05) is 17.4 Å². The van der Waals surface area contributed by atoms with Gasteiger partial charge in [-0.05, 0) is 66.9 Å². The maximum atomic E-state index is 13.9. The monoisotopic (exact) mass is 593 g/mol. The smallest absolute Gasteiger partial charge is 0.264 e. The summed E-state index contributed by atoms with van der Waals surface area (Å²) < 4.78 is 41.9. The van der Waals surface area contributed by atoms with Crippen molar-refractivity contribution in [3.63, 3.8) is 0 Å². The highest BCUT2D eigenvalue weighted by molar-refractivity contribution is 7.92. The van der Waals surface area contributed by atoms with Gasteiger partial charge in [0.15, 0.2) is 0 Å². The fourth-order valence-corrected chi connectivity index (χ4v) is 5.86. The molecule has 0 aromatic heterocycles. The van der Waals surface area contributed by atoms with E-state index >= 15 is 0 Å². The predicted octanol–water partition coefficient (Wildman–Crippen LogP) is 5.66. The SMILES string of the molecule is CCCNC(=O)C(CC)N(Cc1ccc(Cl)cc1Cl)C(=O)CN(c1ccccc1)S(=O)(=O)c1ccc(F)cc1. The van der Waals surface area contributed by atoms with Crippen LogP contribution in [0.4, 0.5) is 10.1 Å². The van der Waals surface area contributed by atoms with Crippen molar-refractivity contribution >= 4 is 50.7 Å². The summed E-state index contributed by atoms with van der Waals surface area (Å²) in [6, 6.07) is 16.4. The van der Waals surface area contributed by atoms with Crippen molar-refractivity contribution in [1.82, 2.24) is 10.2 Å². The lowest BCUT2D eigenvalue weighted by atomic mass is 10.1. The molecule has 11 heteroatoms. The minimum absolute atomic E-state index is 0.0495. The Morgan fingerprint density at radius 3 is 2.23 bits per heavy atom. The van der Waals surface area contributed by atoms with Crippen LogP contribution in [-0.2, 0) is 26.2 Å². The van der Waals surface area contributed by atoms with Gasteiger partial charge in [-0.1, -0.05) is 61.3 Å². The molecule has 0 aliphatic heterocycles. The molecule has 3 aromatic carbocycles. The molecular weight excluding hydrogens is 564 g/mol. The van der Waals surface area contributed by atoms with Crippen molar-refractivity contribution in [3.05, 3.63) is 94.2 Å². The molecule has 3 aromatic rings. The number of para-hydroxylation sites is 1. The number of hydrogen-bond acceptors (Lipinski definition) is 4. The van der Waals surface area contributed by atoms with Crippen molar-refractivity contribution in [2.45, 2.75) is 44.2 Å². The molecule has 0 heterocycles. The summed E-state index contributed by atoms with van der Waals surface area (Å²) in [4.78, 5) is 28.2. The molecule has 1 unspecified atom stereocenters. The third-order valence-corrected chi connectivity index (χ3v) is 8.39. The number of nitrogens with one attached hydrogen (secondary N) is 1. The second-order valence-corrected chi connectivity index (χ2v) is 11.5. The normalized spacial score (nSPS) is 12.0. The Hall–Kier alpha value is -3.14. The summed E-state index contributed by atoms with van der Waals surface area (Å²) in [6.45, 7) is 3.45. The van der Waals surface area contributed by atoms with Gasteiger partial charge >= 0.3 is 0 Å². The van der Waals surface area contributed by atoms with Gasteiger partial charge in [-0.3, -0.25) is 13.9 Å². The van der Waals surface area contributed by atoms with Crippen LogP contribution >= 0.6 is 23.2 Å². The number of sulfonamides is 1. The topological polar surface area (TPSA) is 86.8 Å². The van der Waals surface area contributed by atoms with Gasteiger partial charge in [0, 0.05) is 23.1 Å². The highest BCUT2D eigenvalue weighted by Crippen LogP contribution is 2.27. The average molecular weight is 595 g/mol. The molecule has 7 nitrogen and oxygen atoms in total. The van der Waals surface area contributed by atoms with Gasteiger partial charge < -0.3 is 10.2 Å². The quantitative estimate of drug-likeness (QED) is 0.293. The van der Waals surface area contributed by atoms with E-state index in [1.165, 1.54) is 11.0 Å². The molecule has 0 saturated heterocycles. The molecule has 39 heavy (non-hydrogen) atoms. The fourth-order valence-electron chi connectivity index (χ4n) is 3.98. The van der Waals surface area contributed by atoms with Crippen molar-refractivity contribution in [1.29, 1.82) is 0 Å². The van der Waals surface area contributed by atoms with E-state index in [-0.39, 0.29) is 29.5 Å². The lowest BCUT2D eigenvalue weighted by Crippen LogP contribution is -2.52. The number of carbonyl (C=O) groups is 2. The number of halogens is 3. The van der Waals surface area contributed by atoms with E-state index < -0.39 is 34.3 Å². The Labute approximate surface area is 238 Å². The van der Waals surface area contributed by atoms with Crippen LogP contribution in [-0.4, -0.2) is 44.3 Å². The minimum atomic E-state index is -4.28. The largest absolute Gasteiger partial charge is 0.354 e. The van der Waals surface area contributed by atoms with Crippen LogP contribution in [0.5, 0.6) is 0 Å². The second-order valence-electron chi connectivity index (χ2n) is 8.77. The number of carbonyl (C=O) groups excluding carboxylic acids is 2. The summed E-state index contributed by atoms with van der Waals surface area (Å²) in [5.74, 6) is -1.56. The second kappa shape index (κ2) is 13.8. The number of amides is 2. The molecule has 1 atom stereocenters. The standard InChI is InChI=1S/C28H30Cl2FN3O4S/c1-3-16-32-28(36)26(4-2)33(18-20-10-11-21(29)17-25(20)30)27(35)19-34(23-8-6-5-7-9-23)39(37,38)24-14-12-22(31)13-15-24/h5-15,17,26H,3-4,16,18-19H2,1-2H3,(H,32,36). The van der Waals surface area contributed by atoms with Crippen LogP contribution in [0, 0.1) is 5.82 Å². The lowest BCUT2D eigenvalue weighted by molar-refractivity contribution is -0.140. The third-order valence-electron chi connectivity index (χ3n) is 6.02. The molecule has 208 valence electrons. The van der Waals surface area contributed by atoms with Crippen LogP contribution < -0.4 is 9.62 Å². The molecule has 0 bridgehead atoms. The third kappa shape index (κ3) is 7.71. The van der Waals surface area contributed by atoms with Gasteiger partial charge in [0.1, 0.15) is 18.4 Å². The summed E-state index contributed by atoms with van der Waals surface area (Å²) >= 11 is 12.4. The van der Waals surface area contributed by atoms with Crippen LogP contribution in [0.3, 0.4) is 0 Å². The maximum absolute atomic E-state index is 13.9. The minimum Gasteiger partial charge on any atom is -0.354 e. The molecule has 0 spiro atoms. The summed E-state index contributed by atoms with van der Waals surface area (Å²) in [6.07, 6.45) is 0.985. The van der Waals surface area contributed by atoms with E-state index in [4.69, 9.17) is 23.2 Å². The summed E-state index contributed by atoms with van der Waals surface area (Å²) in [7, 11) is -4.28. The van der Waals surface area contributed by atoms with Crippen LogP contribution in [0.15, 0.2) is 77.7 Å². The van der Waals surface area contributed by atoms with Gasteiger partial charge in [-0.25, -0.2) is 12.8 Å². The fraction of sp³-hybridized carbons (Fsp3) is 0.286. The van der Waals surface area contributed by atoms with Gasteiger partial charge in [0.25, 0.3) is 10.0 Å². The Kier molecular flexibility index (Phi) is 10.7. The number of benzene rings is 3. The molecule has 0 saturated carbocycles. The van der Waals surface area contributed by atoms with Crippen molar-refractivity contribution in [2.24, 2.45) is 0 Å². The van der Waals surface area contributed by atoms with Crippen LogP contribution in [0.2, 0.25) is 10.0 Å². The Bertz CT molecular complexity index is 1390. The first-order chi connectivity index (χ1) is 18.6. The zero-order valence-electron chi connectivity index (χ0n) is 21.6. The van der Waals surface area contributed by atoms with E-state index in [0.717, 1.165) is 28.6 Å². The predicted molar refractivity (Wildman–Crippen MR) is 152 cm³/mol. The van der Waals surface area contributed by atoms with Crippen LogP contribution in [0.25, 0.3) is 0 Å². The number of rotatable bonds is 12. The van der Waals surface area contributed by atoms with Gasteiger partial charge in [0.2, 0.25) is 11.8 Å². The zero-order chi connectivity index (χ0) is 28.6. The van der Waals surface area contributed by atoms with Crippen LogP contribution in [0.1, 0.15) is 32.3 Å². The van der Waals surface area contributed by atoms with Crippen molar-refractivity contribution < 1.29 is 22.4 Å². The molecule has 3 rings (SSSR count). The molecule has 0 aliphatic rings. The molecule has 0 aliphatic carbocycles. The Morgan fingerprint density at radius 2 is 1.64 bits per heavy atom. The maximum Gasteiger partial charge on any atom is 0.264 e. The molecule has 2 amide bonds. The first kappa shape index (κ1) is 30.4. The molecular formula is C28H30Cl2FN3O4S. The van der Waals surface area contributed by atoms with Gasteiger partial charge in [-0.15, -0.1) is 0 Å². The highest BCUT2D eigenvalue weighted by atomic mass is 35.5. The Morgan fingerprint density at radius 1 is 0.974 bits per heavy atom. The molecule has 0 fully saturated rings.